The number of hydrogen-bond acceptors (Lipinski definition) is 3. The van der Waals surface area contributed by atoms with Gasteiger partial charge < -0.3 is 10.3 Å². The summed E-state index contributed by atoms with van der Waals surface area (Å²) in [6.07, 6.45) is 1.75. The molecule has 0 heterocycles. The topological polar surface area (TPSA) is 44.7 Å². The van der Waals surface area contributed by atoms with Crippen molar-refractivity contribution in [3.05, 3.63) is 35.4 Å². The SMILES string of the molecule is CC(C)NC(=O)c1ccc(C=NN(C)C)cc1. The van der Waals surface area contributed by atoms with Gasteiger partial charge in [0.15, 0.2) is 0 Å². The second kappa shape index (κ2) is 6.03. The third-order valence-corrected chi connectivity index (χ3v) is 2.03. The lowest BCUT2D eigenvalue weighted by Crippen LogP contribution is -2.29. The highest BCUT2D eigenvalue weighted by molar-refractivity contribution is 5.95. The molecule has 0 aliphatic heterocycles. The predicted molar refractivity (Wildman–Crippen MR) is 70.3 cm³/mol. The molecule has 0 saturated carbocycles. The Labute approximate surface area is 102 Å². The Bertz CT molecular complexity index is 394. The minimum atomic E-state index is -0.0453. The highest BCUT2D eigenvalue weighted by atomic mass is 16.1. The lowest BCUT2D eigenvalue weighted by atomic mass is 10.1. The number of rotatable bonds is 4. The summed E-state index contributed by atoms with van der Waals surface area (Å²) in [4.78, 5) is 11.7. The average Bonchev–Trinajstić information content (AvgIpc) is 2.26. The van der Waals surface area contributed by atoms with Crippen LogP contribution in [0.5, 0.6) is 0 Å². The molecule has 1 rings (SSSR count). The molecule has 17 heavy (non-hydrogen) atoms. The molecule has 1 N–H and O–H groups in total. The first-order chi connectivity index (χ1) is 7.99. The van der Waals surface area contributed by atoms with Gasteiger partial charge in [0.25, 0.3) is 5.91 Å². The van der Waals surface area contributed by atoms with Crippen molar-refractivity contribution in [2.45, 2.75) is 19.9 Å². The van der Waals surface area contributed by atoms with Crippen LogP contribution in [0, 0.1) is 0 Å². The Morgan fingerprint density at radius 3 is 2.35 bits per heavy atom. The molecule has 0 bridgehead atoms. The first-order valence-electron chi connectivity index (χ1n) is 5.61. The fraction of sp³-hybridized carbons (Fsp3) is 0.385. The van der Waals surface area contributed by atoms with E-state index in [-0.39, 0.29) is 11.9 Å². The van der Waals surface area contributed by atoms with Gasteiger partial charge in [-0.2, -0.15) is 5.10 Å². The van der Waals surface area contributed by atoms with Crippen LogP contribution in [0.2, 0.25) is 0 Å². The van der Waals surface area contributed by atoms with Gasteiger partial charge in [-0.1, -0.05) is 12.1 Å². The molecule has 4 heteroatoms. The van der Waals surface area contributed by atoms with Crippen LogP contribution in [0.15, 0.2) is 29.4 Å². The van der Waals surface area contributed by atoms with E-state index in [2.05, 4.69) is 10.4 Å². The smallest absolute Gasteiger partial charge is 0.251 e. The van der Waals surface area contributed by atoms with Crippen molar-refractivity contribution in [3.8, 4) is 0 Å². The molecular formula is C13H19N3O. The maximum absolute atomic E-state index is 11.7. The normalized spacial score (nSPS) is 10.9. The van der Waals surface area contributed by atoms with Crippen LogP contribution < -0.4 is 5.32 Å². The molecule has 4 nitrogen and oxygen atoms in total. The monoisotopic (exact) mass is 233 g/mol. The third-order valence-electron chi connectivity index (χ3n) is 2.03. The second-order valence-corrected chi connectivity index (χ2v) is 4.34. The predicted octanol–water partition coefficient (Wildman–Crippen LogP) is 1.72. The largest absolute Gasteiger partial charge is 0.350 e. The molecule has 0 aromatic heterocycles. The maximum atomic E-state index is 11.7. The number of nitrogens with one attached hydrogen (secondary N) is 1. The summed E-state index contributed by atoms with van der Waals surface area (Å²) in [5.41, 5.74) is 1.64. The van der Waals surface area contributed by atoms with E-state index in [4.69, 9.17) is 0 Å². The van der Waals surface area contributed by atoms with E-state index in [1.165, 1.54) is 0 Å². The van der Waals surface area contributed by atoms with Crippen molar-refractivity contribution in [2.24, 2.45) is 5.10 Å². The zero-order valence-corrected chi connectivity index (χ0v) is 10.8. The number of benzene rings is 1. The summed E-state index contributed by atoms with van der Waals surface area (Å²) >= 11 is 0. The van der Waals surface area contributed by atoms with Gasteiger partial charge in [-0.15, -0.1) is 0 Å². The third kappa shape index (κ3) is 4.68. The van der Waals surface area contributed by atoms with E-state index in [1.54, 1.807) is 23.4 Å². The van der Waals surface area contributed by atoms with Crippen molar-refractivity contribution in [1.29, 1.82) is 0 Å². The number of carbonyl (C=O) groups is 1. The van der Waals surface area contributed by atoms with Crippen LogP contribution >= 0.6 is 0 Å². The standard InChI is InChI=1S/C13H19N3O/c1-10(2)15-13(17)12-7-5-11(6-8-12)9-14-16(3)4/h5-10H,1-4H3,(H,15,17). The molecule has 0 saturated heterocycles. The first-order valence-corrected chi connectivity index (χ1v) is 5.61. The number of nitrogens with zero attached hydrogens (tertiary/aromatic N) is 2. The van der Waals surface area contributed by atoms with Gasteiger partial charge in [0.05, 0.1) is 6.21 Å². The van der Waals surface area contributed by atoms with Crippen LogP contribution in [0.4, 0.5) is 0 Å². The zero-order valence-electron chi connectivity index (χ0n) is 10.8. The van der Waals surface area contributed by atoms with Gasteiger partial charge in [0.1, 0.15) is 0 Å². The molecule has 0 aliphatic carbocycles. The molecule has 0 fully saturated rings. The Morgan fingerprint density at radius 2 is 1.88 bits per heavy atom. The van der Waals surface area contributed by atoms with E-state index in [0.29, 0.717) is 5.56 Å². The van der Waals surface area contributed by atoms with Crippen molar-refractivity contribution in [2.75, 3.05) is 14.1 Å². The number of hydrogen-bond donors (Lipinski definition) is 1. The average molecular weight is 233 g/mol. The Kier molecular flexibility index (Phi) is 4.69. The fourth-order valence-electron chi connectivity index (χ4n) is 1.25. The van der Waals surface area contributed by atoms with Gasteiger partial charge in [0, 0.05) is 25.7 Å². The highest BCUT2D eigenvalue weighted by Gasteiger charge is 2.05. The minimum absolute atomic E-state index is 0.0453. The molecule has 1 aromatic rings. The Morgan fingerprint density at radius 1 is 1.29 bits per heavy atom. The summed E-state index contributed by atoms with van der Waals surface area (Å²) in [6.45, 7) is 3.88. The summed E-state index contributed by atoms with van der Waals surface area (Å²) in [5, 5.41) is 8.70. The molecule has 0 atom stereocenters. The first kappa shape index (κ1) is 13.2. The van der Waals surface area contributed by atoms with Gasteiger partial charge in [-0.05, 0) is 31.5 Å². The molecular weight excluding hydrogens is 214 g/mol. The zero-order chi connectivity index (χ0) is 12.8. The lowest BCUT2D eigenvalue weighted by Gasteiger charge is -2.08. The van der Waals surface area contributed by atoms with Gasteiger partial charge >= 0.3 is 0 Å². The van der Waals surface area contributed by atoms with E-state index >= 15 is 0 Å². The number of amides is 1. The Hall–Kier alpha value is -1.84. The van der Waals surface area contributed by atoms with Gasteiger partial charge in [-0.3, -0.25) is 4.79 Å². The fourth-order valence-corrected chi connectivity index (χ4v) is 1.25. The van der Waals surface area contributed by atoms with Crippen LogP contribution in [-0.2, 0) is 0 Å². The number of hydrazone groups is 1. The molecule has 0 aliphatic rings. The van der Waals surface area contributed by atoms with E-state index in [9.17, 15) is 4.79 Å². The minimum Gasteiger partial charge on any atom is -0.350 e. The van der Waals surface area contributed by atoms with E-state index in [1.807, 2.05) is 40.1 Å². The highest BCUT2D eigenvalue weighted by Crippen LogP contribution is 2.03. The lowest BCUT2D eigenvalue weighted by molar-refractivity contribution is 0.0943. The maximum Gasteiger partial charge on any atom is 0.251 e. The molecule has 1 amide bonds. The van der Waals surface area contributed by atoms with Crippen LogP contribution in [-0.4, -0.2) is 37.3 Å². The van der Waals surface area contributed by atoms with Crippen LogP contribution in [0.3, 0.4) is 0 Å². The quantitative estimate of drug-likeness (QED) is 0.635. The van der Waals surface area contributed by atoms with E-state index in [0.717, 1.165) is 5.56 Å². The number of carbonyl (C=O) groups excluding carboxylic acids is 1. The van der Waals surface area contributed by atoms with Gasteiger partial charge in [-0.25, -0.2) is 0 Å². The molecule has 0 spiro atoms. The second-order valence-electron chi connectivity index (χ2n) is 4.34. The molecule has 0 radical (unpaired) electrons. The van der Waals surface area contributed by atoms with Crippen molar-refractivity contribution in [1.82, 2.24) is 10.3 Å². The summed E-state index contributed by atoms with van der Waals surface area (Å²) in [6, 6.07) is 7.51. The molecule has 92 valence electrons. The summed E-state index contributed by atoms with van der Waals surface area (Å²) in [7, 11) is 3.72. The summed E-state index contributed by atoms with van der Waals surface area (Å²) < 4.78 is 0. The Balaban J connectivity index is 2.71. The summed E-state index contributed by atoms with van der Waals surface area (Å²) in [5.74, 6) is -0.0453. The van der Waals surface area contributed by atoms with Crippen LogP contribution in [0.25, 0.3) is 0 Å². The van der Waals surface area contributed by atoms with Crippen LogP contribution in [0.1, 0.15) is 29.8 Å². The van der Waals surface area contributed by atoms with E-state index < -0.39 is 0 Å². The van der Waals surface area contributed by atoms with Gasteiger partial charge in [0.2, 0.25) is 0 Å². The molecule has 1 aromatic carbocycles. The van der Waals surface area contributed by atoms with Crippen molar-refractivity contribution >= 4 is 12.1 Å². The van der Waals surface area contributed by atoms with Crippen molar-refractivity contribution in [3.63, 3.8) is 0 Å². The molecule has 0 unspecified atom stereocenters. The van der Waals surface area contributed by atoms with Crippen molar-refractivity contribution < 1.29 is 4.79 Å².